The van der Waals surface area contributed by atoms with Crippen LogP contribution < -0.4 is 4.74 Å². The molecule has 4 nitrogen and oxygen atoms in total. The molecule has 1 aliphatic rings. The number of benzene rings is 1. The van der Waals surface area contributed by atoms with Gasteiger partial charge >= 0.3 is 6.36 Å². The first kappa shape index (κ1) is 16.5. The van der Waals surface area contributed by atoms with E-state index in [2.05, 4.69) is 9.72 Å². The minimum absolute atomic E-state index is 0.0341. The first-order chi connectivity index (χ1) is 11.3. The number of nitrogens with zero attached hydrogens (tertiary/aromatic N) is 1. The van der Waals surface area contributed by atoms with Gasteiger partial charge in [-0.3, -0.25) is 4.79 Å². The summed E-state index contributed by atoms with van der Waals surface area (Å²) in [4.78, 5) is 16.6. The quantitative estimate of drug-likeness (QED) is 0.874. The molecule has 0 radical (unpaired) electrons. The number of halogens is 3. The first-order valence-electron chi connectivity index (χ1n) is 7.04. The molecule has 1 aliphatic carbocycles. The summed E-state index contributed by atoms with van der Waals surface area (Å²) in [6.45, 7) is 0. The average molecular weight is 355 g/mol. The lowest BCUT2D eigenvalue weighted by atomic mass is 9.91. The first-order valence-corrected chi connectivity index (χ1v) is 7.86. The van der Waals surface area contributed by atoms with Crippen molar-refractivity contribution in [1.29, 1.82) is 0 Å². The van der Waals surface area contributed by atoms with Crippen LogP contribution in [0.4, 0.5) is 13.2 Å². The molecular weight excluding hydrogens is 343 g/mol. The molecule has 0 saturated heterocycles. The highest BCUT2D eigenvalue weighted by molar-refractivity contribution is 7.15. The SMILES string of the molecule is O=C1C=C(O)CC(c2cnc(-c3cccc(OC(F)(F)F)c3)s2)C1. The van der Waals surface area contributed by atoms with Crippen LogP contribution in [0, 0.1) is 0 Å². The summed E-state index contributed by atoms with van der Waals surface area (Å²) < 4.78 is 40.8. The van der Waals surface area contributed by atoms with Gasteiger partial charge in [0.25, 0.3) is 0 Å². The minimum atomic E-state index is -4.75. The van der Waals surface area contributed by atoms with Crippen molar-refractivity contribution in [3.05, 3.63) is 47.2 Å². The average Bonchev–Trinajstić information content (AvgIpc) is 2.94. The molecule has 1 aromatic heterocycles. The Bertz CT molecular complexity index is 798. The van der Waals surface area contributed by atoms with Crippen molar-refractivity contribution in [2.24, 2.45) is 0 Å². The summed E-state index contributed by atoms with van der Waals surface area (Å²) in [5.74, 6) is -0.598. The third-order valence-corrected chi connectivity index (χ3v) is 4.68. The lowest BCUT2D eigenvalue weighted by molar-refractivity contribution is -0.274. The van der Waals surface area contributed by atoms with E-state index in [-0.39, 0.29) is 29.6 Å². The molecule has 0 amide bonds. The number of allylic oxidation sites excluding steroid dienone is 2. The van der Waals surface area contributed by atoms with Crippen LogP contribution in [-0.2, 0) is 4.79 Å². The number of ketones is 1. The smallest absolute Gasteiger partial charge is 0.512 e. The largest absolute Gasteiger partial charge is 0.573 e. The van der Waals surface area contributed by atoms with Crippen LogP contribution >= 0.6 is 11.3 Å². The number of hydrogen-bond donors (Lipinski definition) is 1. The Kier molecular flexibility index (Phi) is 4.31. The summed E-state index contributed by atoms with van der Waals surface area (Å²) >= 11 is 1.28. The standard InChI is InChI=1S/C16H12F3NO3S/c17-16(18,19)23-13-3-1-2-9(6-13)15-20-8-14(24-15)10-4-11(21)7-12(22)5-10/h1-3,6-8,10,21H,4-5H2. The van der Waals surface area contributed by atoms with Crippen molar-refractivity contribution >= 4 is 17.1 Å². The molecule has 0 saturated carbocycles. The highest BCUT2D eigenvalue weighted by Crippen LogP contribution is 2.37. The number of thiazole rings is 1. The van der Waals surface area contributed by atoms with Crippen molar-refractivity contribution < 1.29 is 27.8 Å². The second-order valence-electron chi connectivity index (χ2n) is 5.35. The topological polar surface area (TPSA) is 59.4 Å². The van der Waals surface area contributed by atoms with Crippen molar-refractivity contribution in [3.8, 4) is 16.3 Å². The summed E-state index contributed by atoms with van der Waals surface area (Å²) in [6.07, 6.45) is -1.31. The van der Waals surface area contributed by atoms with E-state index in [4.69, 9.17) is 0 Å². The van der Waals surface area contributed by atoms with Gasteiger partial charge in [-0.1, -0.05) is 12.1 Å². The Hall–Kier alpha value is -2.35. The zero-order chi connectivity index (χ0) is 17.3. The fourth-order valence-electron chi connectivity index (χ4n) is 2.51. The van der Waals surface area contributed by atoms with Gasteiger partial charge in [0.15, 0.2) is 5.78 Å². The predicted molar refractivity (Wildman–Crippen MR) is 81.9 cm³/mol. The lowest BCUT2D eigenvalue weighted by Gasteiger charge is -2.16. The molecule has 0 fully saturated rings. The van der Waals surface area contributed by atoms with E-state index < -0.39 is 6.36 Å². The van der Waals surface area contributed by atoms with Crippen molar-refractivity contribution in [1.82, 2.24) is 4.98 Å². The van der Waals surface area contributed by atoms with Crippen LogP contribution in [-0.4, -0.2) is 22.2 Å². The number of aliphatic hydroxyl groups is 1. The van der Waals surface area contributed by atoms with Crippen molar-refractivity contribution in [2.45, 2.75) is 25.1 Å². The summed E-state index contributed by atoms with van der Waals surface area (Å²) in [5.41, 5.74) is 0.495. The third-order valence-electron chi connectivity index (χ3n) is 3.47. The summed E-state index contributed by atoms with van der Waals surface area (Å²) in [6, 6.07) is 5.57. The molecular formula is C16H12F3NO3S. The van der Waals surface area contributed by atoms with E-state index in [1.165, 1.54) is 35.6 Å². The molecule has 126 valence electrons. The molecule has 3 rings (SSSR count). The van der Waals surface area contributed by atoms with Gasteiger partial charge < -0.3 is 9.84 Å². The molecule has 1 unspecified atom stereocenters. The van der Waals surface area contributed by atoms with Crippen LogP contribution in [0.5, 0.6) is 5.75 Å². The molecule has 1 aromatic carbocycles. The highest BCUT2D eigenvalue weighted by Gasteiger charge is 2.31. The molecule has 24 heavy (non-hydrogen) atoms. The van der Waals surface area contributed by atoms with Crippen LogP contribution in [0.2, 0.25) is 0 Å². The van der Waals surface area contributed by atoms with Crippen molar-refractivity contribution in [2.75, 3.05) is 0 Å². The van der Waals surface area contributed by atoms with Gasteiger partial charge in [-0.2, -0.15) is 0 Å². The minimum Gasteiger partial charge on any atom is -0.512 e. The van der Waals surface area contributed by atoms with Crippen molar-refractivity contribution in [3.63, 3.8) is 0 Å². The van der Waals surface area contributed by atoms with Gasteiger partial charge in [-0.05, 0) is 12.1 Å². The van der Waals surface area contributed by atoms with Gasteiger partial charge in [-0.15, -0.1) is 24.5 Å². The normalized spacial score (nSPS) is 18.4. The van der Waals surface area contributed by atoms with E-state index in [0.29, 0.717) is 17.0 Å². The van der Waals surface area contributed by atoms with Gasteiger partial charge in [0.05, 0.1) is 5.76 Å². The molecule has 1 atom stereocenters. The fraction of sp³-hybridized carbons (Fsp3) is 0.250. The maximum absolute atomic E-state index is 12.3. The number of carbonyl (C=O) groups excluding carboxylic acids is 1. The lowest BCUT2D eigenvalue weighted by Crippen LogP contribution is -2.17. The molecule has 0 bridgehead atoms. The fourth-order valence-corrected chi connectivity index (χ4v) is 3.52. The Labute approximate surface area is 139 Å². The molecule has 1 N–H and O–H groups in total. The highest BCUT2D eigenvalue weighted by atomic mass is 32.1. The monoisotopic (exact) mass is 355 g/mol. The number of alkyl halides is 3. The van der Waals surface area contributed by atoms with E-state index in [1.54, 1.807) is 12.3 Å². The number of rotatable bonds is 3. The molecule has 0 spiro atoms. The maximum Gasteiger partial charge on any atom is 0.573 e. The Balaban J connectivity index is 1.82. The van der Waals surface area contributed by atoms with E-state index in [0.717, 1.165) is 4.88 Å². The summed E-state index contributed by atoms with van der Waals surface area (Å²) in [5, 5.41) is 10.1. The second-order valence-corrected chi connectivity index (χ2v) is 6.41. The Morgan fingerprint density at radius 2 is 2.08 bits per heavy atom. The number of carbonyl (C=O) groups is 1. The van der Waals surface area contributed by atoms with E-state index in [9.17, 15) is 23.1 Å². The molecule has 2 aromatic rings. The number of ether oxygens (including phenoxy) is 1. The van der Waals surface area contributed by atoms with E-state index in [1.807, 2.05) is 0 Å². The van der Waals surface area contributed by atoms with Gasteiger partial charge in [0.2, 0.25) is 0 Å². The summed E-state index contributed by atoms with van der Waals surface area (Å²) in [7, 11) is 0. The molecule has 0 aliphatic heterocycles. The Morgan fingerprint density at radius 1 is 1.29 bits per heavy atom. The molecule has 8 heteroatoms. The third kappa shape index (κ3) is 3.94. The molecule has 1 heterocycles. The second kappa shape index (κ2) is 6.27. The number of aromatic nitrogens is 1. The number of hydrogen-bond acceptors (Lipinski definition) is 5. The van der Waals surface area contributed by atoms with E-state index >= 15 is 0 Å². The van der Waals surface area contributed by atoms with Crippen LogP contribution in [0.3, 0.4) is 0 Å². The van der Waals surface area contributed by atoms with Gasteiger partial charge in [-0.25, -0.2) is 4.98 Å². The zero-order valence-electron chi connectivity index (χ0n) is 12.2. The zero-order valence-corrected chi connectivity index (χ0v) is 13.0. The van der Waals surface area contributed by atoms with Gasteiger partial charge in [0.1, 0.15) is 10.8 Å². The van der Waals surface area contributed by atoms with Crippen LogP contribution in [0.15, 0.2) is 42.3 Å². The predicted octanol–water partition coefficient (Wildman–Crippen LogP) is 4.60. The van der Waals surface area contributed by atoms with Crippen LogP contribution in [0.1, 0.15) is 23.6 Å². The maximum atomic E-state index is 12.3. The van der Waals surface area contributed by atoms with Gasteiger partial charge in [0, 0.05) is 41.5 Å². The van der Waals surface area contributed by atoms with Crippen LogP contribution in [0.25, 0.3) is 10.6 Å². The Morgan fingerprint density at radius 3 is 2.79 bits per heavy atom. The number of aliphatic hydroxyl groups excluding tert-OH is 1.